The van der Waals surface area contributed by atoms with E-state index in [1.807, 2.05) is 58.9 Å². The Bertz CT molecular complexity index is 1240. The van der Waals surface area contributed by atoms with Gasteiger partial charge in [0.1, 0.15) is 12.6 Å². The van der Waals surface area contributed by atoms with Crippen molar-refractivity contribution in [2.75, 3.05) is 0 Å². The minimum atomic E-state index is -0.765. The lowest BCUT2D eigenvalue weighted by atomic mass is 9.57. The van der Waals surface area contributed by atoms with Gasteiger partial charge in [-0.2, -0.15) is 0 Å². The highest BCUT2D eigenvalue weighted by Crippen LogP contribution is 2.48. The summed E-state index contributed by atoms with van der Waals surface area (Å²) < 4.78 is 0. The first-order valence-corrected chi connectivity index (χ1v) is 11.8. The Morgan fingerprint density at radius 2 is 1.15 bits per heavy atom. The average molecular weight is 457 g/mol. The Labute approximate surface area is 201 Å². The van der Waals surface area contributed by atoms with Crippen LogP contribution >= 0.6 is 0 Å². The van der Waals surface area contributed by atoms with Gasteiger partial charge >= 0.3 is 0 Å². The smallest absolute Gasteiger partial charge is 0.169 e. The molecule has 0 aliphatic heterocycles. The fourth-order valence-electron chi connectivity index (χ4n) is 4.88. The summed E-state index contributed by atoms with van der Waals surface area (Å²) in [6.45, 7) is 9.87. The van der Waals surface area contributed by atoms with Crippen molar-refractivity contribution in [3.63, 3.8) is 0 Å². The number of rotatable bonds is 10. The summed E-state index contributed by atoms with van der Waals surface area (Å²) in [5.74, 6) is -0.256. The summed E-state index contributed by atoms with van der Waals surface area (Å²) in [5.41, 5.74) is 0.733. The third-order valence-electron chi connectivity index (χ3n) is 7.99. The van der Waals surface area contributed by atoms with Crippen LogP contribution in [0.5, 0.6) is 0 Å². The van der Waals surface area contributed by atoms with Gasteiger partial charge in [0.05, 0.1) is 0 Å². The van der Waals surface area contributed by atoms with Crippen LogP contribution in [0.3, 0.4) is 0 Å². The number of fused-ring (bicyclic) bond motifs is 1. The van der Waals surface area contributed by atoms with Crippen molar-refractivity contribution >= 4 is 34.9 Å². The topological polar surface area (TPSA) is 68.3 Å². The molecule has 3 unspecified atom stereocenters. The van der Waals surface area contributed by atoms with Crippen molar-refractivity contribution in [2.45, 2.75) is 47.5 Å². The largest absolute Gasteiger partial charge is 0.298 e. The van der Waals surface area contributed by atoms with Gasteiger partial charge < -0.3 is 0 Å². The highest BCUT2D eigenvalue weighted by Gasteiger charge is 2.49. The van der Waals surface area contributed by atoms with Crippen LogP contribution in [-0.2, 0) is 0 Å². The van der Waals surface area contributed by atoms with Gasteiger partial charge in [0.15, 0.2) is 11.6 Å². The van der Waals surface area contributed by atoms with E-state index in [0.29, 0.717) is 35.1 Å². The molecule has 0 aliphatic carbocycles. The molecule has 0 fully saturated rings. The summed E-state index contributed by atoms with van der Waals surface area (Å²) >= 11 is 0. The van der Waals surface area contributed by atoms with E-state index in [-0.39, 0.29) is 17.5 Å². The van der Waals surface area contributed by atoms with Gasteiger partial charge in [-0.3, -0.25) is 19.2 Å². The molecule has 176 valence electrons. The van der Waals surface area contributed by atoms with Crippen molar-refractivity contribution in [3.8, 4) is 0 Å². The lowest BCUT2D eigenvalue weighted by Gasteiger charge is -2.44. The molecule has 0 saturated carbocycles. The van der Waals surface area contributed by atoms with Crippen LogP contribution in [0.15, 0.2) is 60.7 Å². The second-order valence-corrected chi connectivity index (χ2v) is 9.60. The van der Waals surface area contributed by atoms with Gasteiger partial charge in [0.2, 0.25) is 0 Å². The molecule has 4 nitrogen and oxygen atoms in total. The number of carbonyl (C=O) groups excluding carboxylic acids is 4. The second-order valence-electron chi connectivity index (χ2n) is 9.60. The molecule has 0 aliphatic rings. The van der Waals surface area contributed by atoms with Crippen LogP contribution in [0.2, 0.25) is 0 Å². The standard InChI is InChI=1S/C30H32O4/c1-6-29(4,27(33)23-11-8-21(18-31)9-12-23)20(3)30(5,7-2)28(34)26-15-14-24-16-22(19-32)10-13-25(24)17-26/h8-20H,6-7H2,1-5H3. The van der Waals surface area contributed by atoms with Crippen LogP contribution in [0, 0.1) is 16.7 Å². The SMILES string of the molecule is CCC(C)(C(=O)c1ccc(C=O)cc1)C(C)C(C)(CC)C(=O)c1ccc2cc(C=O)ccc2c1. The Morgan fingerprint density at radius 1 is 0.706 bits per heavy atom. The molecule has 3 atom stereocenters. The van der Waals surface area contributed by atoms with Gasteiger partial charge in [-0.25, -0.2) is 0 Å². The van der Waals surface area contributed by atoms with E-state index in [1.165, 1.54) is 0 Å². The molecule has 0 spiro atoms. The number of ketones is 2. The van der Waals surface area contributed by atoms with Crippen LogP contribution < -0.4 is 0 Å². The van der Waals surface area contributed by atoms with E-state index in [0.717, 1.165) is 23.3 Å². The number of aldehydes is 2. The lowest BCUT2D eigenvalue weighted by molar-refractivity contribution is 0.0351. The first-order chi connectivity index (χ1) is 16.1. The van der Waals surface area contributed by atoms with E-state index >= 15 is 0 Å². The summed E-state index contributed by atoms with van der Waals surface area (Å²) in [4.78, 5) is 49.7. The van der Waals surface area contributed by atoms with Crippen molar-refractivity contribution in [1.29, 1.82) is 0 Å². The van der Waals surface area contributed by atoms with Crippen molar-refractivity contribution in [2.24, 2.45) is 16.7 Å². The molecule has 3 rings (SSSR count). The molecule has 0 saturated heterocycles. The zero-order valence-electron chi connectivity index (χ0n) is 20.6. The zero-order valence-corrected chi connectivity index (χ0v) is 20.6. The summed E-state index contributed by atoms with van der Waals surface area (Å²) in [6, 6.07) is 17.6. The van der Waals surface area contributed by atoms with Gasteiger partial charge in [-0.05, 0) is 41.7 Å². The molecule has 4 heteroatoms. The van der Waals surface area contributed by atoms with E-state index in [9.17, 15) is 19.2 Å². The predicted molar refractivity (Wildman–Crippen MR) is 136 cm³/mol. The number of benzene rings is 3. The third kappa shape index (κ3) is 4.37. The first kappa shape index (κ1) is 25.2. The second kappa shape index (κ2) is 9.84. The number of carbonyl (C=O) groups is 4. The van der Waals surface area contributed by atoms with E-state index in [4.69, 9.17) is 0 Å². The molecule has 0 bridgehead atoms. The Hall–Kier alpha value is -3.40. The van der Waals surface area contributed by atoms with E-state index in [1.54, 1.807) is 36.4 Å². The minimum absolute atomic E-state index is 0.00708. The molecule has 0 heterocycles. The Morgan fingerprint density at radius 3 is 1.68 bits per heavy atom. The molecular formula is C30H32O4. The van der Waals surface area contributed by atoms with E-state index < -0.39 is 10.8 Å². The number of hydrogen-bond acceptors (Lipinski definition) is 4. The van der Waals surface area contributed by atoms with Crippen LogP contribution in [0.4, 0.5) is 0 Å². The van der Waals surface area contributed by atoms with Crippen LogP contribution in [0.1, 0.15) is 88.9 Å². The Balaban J connectivity index is 2.00. The minimum Gasteiger partial charge on any atom is -0.298 e. The molecule has 3 aromatic carbocycles. The van der Waals surface area contributed by atoms with Gasteiger partial charge in [-0.1, -0.05) is 83.1 Å². The molecule has 0 amide bonds. The fraction of sp³-hybridized carbons (Fsp3) is 0.333. The average Bonchev–Trinajstić information content (AvgIpc) is 2.90. The van der Waals surface area contributed by atoms with Crippen molar-refractivity contribution in [1.82, 2.24) is 0 Å². The number of Topliss-reactive ketones (excluding diaryl/α,β-unsaturated/α-hetero) is 2. The molecule has 3 aromatic rings. The van der Waals surface area contributed by atoms with Gasteiger partial charge in [-0.15, -0.1) is 0 Å². The summed E-state index contributed by atoms with van der Waals surface area (Å²) in [7, 11) is 0. The highest BCUT2D eigenvalue weighted by molar-refractivity contribution is 6.05. The maximum atomic E-state index is 13.9. The van der Waals surface area contributed by atoms with Gasteiger partial charge in [0.25, 0.3) is 0 Å². The number of hydrogen-bond donors (Lipinski definition) is 0. The molecule has 0 radical (unpaired) electrons. The quantitative estimate of drug-likeness (QED) is 0.243. The predicted octanol–water partition coefficient (Wildman–Crippen LogP) is 7.00. The summed E-state index contributed by atoms with van der Waals surface area (Å²) in [6.07, 6.45) is 2.73. The van der Waals surface area contributed by atoms with E-state index in [2.05, 4.69) is 0 Å². The molecule has 34 heavy (non-hydrogen) atoms. The zero-order chi connectivity index (χ0) is 25.1. The molecule has 0 N–H and O–H groups in total. The molecule has 0 aromatic heterocycles. The first-order valence-electron chi connectivity index (χ1n) is 11.8. The maximum Gasteiger partial charge on any atom is 0.169 e. The lowest BCUT2D eigenvalue weighted by Crippen LogP contribution is -2.46. The van der Waals surface area contributed by atoms with Gasteiger partial charge in [0, 0.05) is 33.1 Å². The highest BCUT2D eigenvalue weighted by atomic mass is 16.1. The van der Waals surface area contributed by atoms with Crippen molar-refractivity contribution < 1.29 is 19.2 Å². The van der Waals surface area contributed by atoms with Crippen LogP contribution in [-0.4, -0.2) is 24.1 Å². The van der Waals surface area contributed by atoms with Crippen LogP contribution in [0.25, 0.3) is 10.8 Å². The third-order valence-corrected chi connectivity index (χ3v) is 7.99. The monoisotopic (exact) mass is 456 g/mol. The fourth-order valence-corrected chi connectivity index (χ4v) is 4.88. The maximum absolute atomic E-state index is 13.9. The Kier molecular flexibility index (Phi) is 7.30. The molecular weight excluding hydrogens is 424 g/mol. The van der Waals surface area contributed by atoms with Crippen molar-refractivity contribution in [3.05, 3.63) is 82.9 Å². The summed E-state index contributed by atoms with van der Waals surface area (Å²) in [5, 5.41) is 1.80. The normalized spacial score (nSPS) is 15.7.